The van der Waals surface area contributed by atoms with E-state index in [1.165, 1.54) is 5.56 Å². The van der Waals surface area contributed by atoms with Crippen molar-refractivity contribution in [1.29, 1.82) is 0 Å². The van der Waals surface area contributed by atoms with Crippen LogP contribution >= 0.6 is 0 Å². The molecule has 4 aromatic rings. The van der Waals surface area contributed by atoms with Gasteiger partial charge in [-0.15, -0.1) is 10.2 Å². The van der Waals surface area contributed by atoms with E-state index in [-0.39, 0.29) is 0 Å². The lowest BCUT2D eigenvalue weighted by atomic mass is 10.1. The van der Waals surface area contributed by atoms with Gasteiger partial charge in [0.2, 0.25) is 0 Å². The number of methoxy groups -OCH3 is 1. The summed E-state index contributed by atoms with van der Waals surface area (Å²) < 4.78 is 7.16. The number of nitrogens with zero attached hydrogens (tertiary/aromatic N) is 4. The van der Waals surface area contributed by atoms with Crippen LogP contribution in [-0.2, 0) is 0 Å². The highest BCUT2D eigenvalue weighted by Gasteiger charge is 2.14. The first kappa shape index (κ1) is 17.0. The van der Waals surface area contributed by atoms with E-state index in [9.17, 15) is 0 Å². The van der Waals surface area contributed by atoms with Gasteiger partial charge in [-0.3, -0.25) is 4.40 Å². The molecule has 0 atom stereocenters. The van der Waals surface area contributed by atoms with Gasteiger partial charge in [0.25, 0.3) is 0 Å². The van der Waals surface area contributed by atoms with Gasteiger partial charge in [-0.25, -0.2) is 4.98 Å². The molecule has 0 spiro atoms. The fourth-order valence-electron chi connectivity index (χ4n) is 2.89. The van der Waals surface area contributed by atoms with Crippen LogP contribution in [0.3, 0.4) is 0 Å². The zero-order chi connectivity index (χ0) is 18.8. The molecule has 5 heteroatoms. The summed E-state index contributed by atoms with van der Waals surface area (Å²) in [5.74, 6) is 1.50. The fourth-order valence-corrected chi connectivity index (χ4v) is 2.89. The Balaban J connectivity index is 1.82. The van der Waals surface area contributed by atoms with E-state index < -0.39 is 0 Å². The third-order valence-electron chi connectivity index (χ3n) is 4.41. The Morgan fingerprint density at radius 1 is 0.852 bits per heavy atom. The van der Waals surface area contributed by atoms with Crippen molar-refractivity contribution in [1.82, 2.24) is 9.38 Å². The van der Waals surface area contributed by atoms with Crippen molar-refractivity contribution < 1.29 is 4.74 Å². The first-order valence-electron chi connectivity index (χ1n) is 8.75. The molecule has 0 radical (unpaired) electrons. The number of pyridine rings is 1. The van der Waals surface area contributed by atoms with Gasteiger partial charge in [0.05, 0.1) is 12.8 Å². The maximum Gasteiger partial charge on any atom is 0.187 e. The highest BCUT2D eigenvalue weighted by Crippen LogP contribution is 2.33. The van der Waals surface area contributed by atoms with Gasteiger partial charge in [0.15, 0.2) is 5.82 Å². The Bertz CT molecular complexity index is 1110. The predicted molar refractivity (Wildman–Crippen MR) is 107 cm³/mol. The topological polar surface area (TPSA) is 51.2 Å². The second-order valence-corrected chi connectivity index (χ2v) is 6.48. The Labute approximate surface area is 158 Å². The van der Waals surface area contributed by atoms with E-state index in [1.54, 1.807) is 7.11 Å². The summed E-state index contributed by atoms with van der Waals surface area (Å²) in [7, 11) is 1.64. The van der Waals surface area contributed by atoms with Crippen LogP contribution in [-0.4, -0.2) is 16.5 Å². The molecule has 2 aromatic carbocycles. The lowest BCUT2D eigenvalue weighted by molar-refractivity contribution is 0.415. The van der Waals surface area contributed by atoms with Gasteiger partial charge in [-0.2, -0.15) is 0 Å². The maximum atomic E-state index is 5.19. The molecule has 5 nitrogen and oxygen atoms in total. The van der Waals surface area contributed by atoms with Crippen LogP contribution in [0.25, 0.3) is 16.9 Å². The molecule has 0 saturated heterocycles. The van der Waals surface area contributed by atoms with Crippen molar-refractivity contribution in [3.63, 3.8) is 0 Å². The van der Waals surface area contributed by atoms with Gasteiger partial charge < -0.3 is 4.74 Å². The number of imidazole rings is 1. The minimum atomic E-state index is 0.713. The molecule has 0 amide bonds. The number of ether oxygens (including phenoxy) is 1. The number of azo groups is 1. The lowest BCUT2D eigenvalue weighted by Gasteiger charge is -2.01. The van der Waals surface area contributed by atoms with Crippen molar-refractivity contribution in [2.75, 3.05) is 7.11 Å². The molecule has 0 aliphatic heterocycles. The number of hydrogen-bond acceptors (Lipinski definition) is 4. The molecular weight excluding hydrogens is 336 g/mol. The molecule has 4 rings (SSSR count). The Kier molecular flexibility index (Phi) is 4.42. The summed E-state index contributed by atoms with van der Waals surface area (Å²) >= 11 is 0. The SMILES string of the molecule is COc1ccc(N=Nc2c(-c3ccc(C)cc3)nc3cc(C)ccn23)cc1. The molecule has 2 aromatic heterocycles. The quantitative estimate of drug-likeness (QED) is 0.418. The van der Waals surface area contributed by atoms with Crippen LogP contribution in [0, 0.1) is 13.8 Å². The number of aryl methyl sites for hydroxylation is 2. The molecule has 134 valence electrons. The van der Waals surface area contributed by atoms with Crippen LogP contribution < -0.4 is 4.74 Å². The Hall–Kier alpha value is -3.47. The van der Waals surface area contributed by atoms with Crippen LogP contribution in [0.2, 0.25) is 0 Å². The normalized spacial score (nSPS) is 11.4. The van der Waals surface area contributed by atoms with Crippen LogP contribution in [0.5, 0.6) is 5.75 Å². The highest BCUT2D eigenvalue weighted by atomic mass is 16.5. The highest BCUT2D eigenvalue weighted by molar-refractivity contribution is 5.74. The molecule has 0 fully saturated rings. The first-order valence-corrected chi connectivity index (χ1v) is 8.75. The lowest BCUT2D eigenvalue weighted by Crippen LogP contribution is -1.84. The number of fused-ring (bicyclic) bond motifs is 1. The fraction of sp³-hybridized carbons (Fsp3) is 0.136. The number of aromatic nitrogens is 2. The molecule has 0 aliphatic carbocycles. The van der Waals surface area contributed by atoms with Gasteiger partial charge >= 0.3 is 0 Å². The third-order valence-corrected chi connectivity index (χ3v) is 4.41. The smallest absolute Gasteiger partial charge is 0.187 e. The number of hydrogen-bond donors (Lipinski definition) is 0. The van der Waals surface area contributed by atoms with Gasteiger partial charge in [-0.05, 0) is 55.8 Å². The summed E-state index contributed by atoms with van der Waals surface area (Å²) in [6.45, 7) is 4.12. The predicted octanol–water partition coefficient (Wildman–Crippen LogP) is 6.04. The van der Waals surface area contributed by atoms with E-state index in [0.717, 1.165) is 33.9 Å². The summed E-state index contributed by atoms with van der Waals surface area (Å²) in [4.78, 5) is 4.80. The minimum absolute atomic E-state index is 0.713. The summed E-state index contributed by atoms with van der Waals surface area (Å²) in [6, 6.07) is 19.9. The Morgan fingerprint density at radius 3 is 2.30 bits per heavy atom. The van der Waals surface area contributed by atoms with Crippen molar-refractivity contribution in [2.24, 2.45) is 10.2 Å². The zero-order valence-corrected chi connectivity index (χ0v) is 15.5. The molecule has 0 unspecified atom stereocenters. The molecule has 0 aliphatic rings. The van der Waals surface area contributed by atoms with Crippen molar-refractivity contribution in [3.8, 4) is 17.0 Å². The van der Waals surface area contributed by atoms with Crippen LogP contribution in [0.1, 0.15) is 11.1 Å². The zero-order valence-electron chi connectivity index (χ0n) is 15.5. The second kappa shape index (κ2) is 7.03. The summed E-state index contributed by atoms with van der Waals surface area (Å²) in [5, 5.41) is 8.94. The molecular formula is C22H20N4O. The van der Waals surface area contributed by atoms with E-state index in [4.69, 9.17) is 9.72 Å². The standard InChI is InChI=1S/C22H20N4O/c1-15-4-6-17(7-5-15)21-22(26-13-12-16(2)14-20(26)23-21)25-24-18-8-10-19(27-3)11-9-18/h4-14H,1-3H3. The van der Waals surface area contributed by atoms with Crippen molar-refractivity contribution in [3.05, 3.63) is 78.0 Å². The number of rotatable bonds is 4. The van der Waals surface area contributed by atoms with E-state index >= 15 is 0 Å². The van der Waals surface area contributed by atoms with E-state index in [1.807, 2.05) is 47.0 Å². The largest absolute Gasteiger partial charge is 0.497 e. The van der Waals surface area contributed by atoms with Crippen LogP contribution in [0.15, 0.2) is 77.1 Å². The van der Waals surface area contributed by atoms with Crippen molar-refractivity contribution >= 4 is 17.2 Å². The molecule has 0 saturated carbocycles. The third kappa shape index (κ3) is 3.44. The van der Waals surface area contributed by atoms with Crippen LogP contribution in [0.4, 0.5) is 11.5 Å². The molecule has 0 bridgehead atoms. The van der Waals surface area contributed by atoms with E-state index in [2.05, 4.69) is 48.3 Å². The Morgan fingerprint density at radius 2 is 1.59 bits per heavy atom. The average molecular weight is 356 g/mol. The van der Waals surface area contributed by atoms with Crippen molar-refractivity contribution in [2.45, 2.75) is 13.8 Å². The van der Waals surface area contributed by atoms with Gasteiger partial charge in [0.1, 0.15) is 17.1 Å². The molecule has 27 heavy (non-hydrogen) atoms. The van der Waals surface area contributed by atoms with E-state index in [0.29, 0.717) is 5.82 Å². The number of benzene rings is 2. The molecule has 2 heterocycles. The summed E-state index contributed by atoms with van der Waals surface area (Å²) in [6.07, 6.45) is 1.98. The summed E-state index contributed by atoms with van der Waals surface area (Å²) in [5.41, 5.74) is 5.81. The first-order chi connectivity index (χ1) is 13.1. The average Bonchev–Trinajstić information content (AvgIpc) is 3.04. The monoisotopic (exact) mass is 356 g/mol. The van der Waals surface area contributed by atoms with Gasteiger partial charge in [0, 0.05) is 11.8 Å². The maximum absolute atomic E-state index is 5.19. The van der Waals surface area contributed by atoms with Gasteiger partial charge in [-0.1, -0.05) is 29.8 Å². The molecule has 0 N–H and O–H groups in total. The second-order valence-electron chi connectivity index (χ2n) is 6.48. The minimum Gasteiger partial charge on any atom is -0.497 e.